The van der Waals surface area contributed by atoms with Crippen molar-refractivity contribution in [3.8, 4) is 0 Å². The van der Waals surface area contributed by atoms with Crippen LogP contribution in [0.25, 0.3) is 0 Å². The van der Waals surface area contributed by atoms with Gasteiger partial charge < -0.3 is 20.4 Å². The highest BCUT2D eigenvalue weighted by Gasteiger charge is 2.37. The first-order valence-corrected chi connectivity index (χ1v) is 9.35. The molecule has 3 aliphatic heterocycles. The number of aromatic amines is 1. The van der Waals surface area contributed by atoms with Crippen LogP contribution in [0.5, 0.6) is 0 Å². The minimum Gasteiger partial charge on any atom is -0.349 e. The van der Waals surface area contributed by atoms with Crippen LogP contribution in [0.15, 0.2) is 6.07 Å². The molecule has 4 heterocycles. The number of amides is 3. The quantitative estimate of drug-likeness (QED) is 0.737. The molecule has 0 saturated carbocycles. The molecule has 0 aromatic carbocycles. The minimum absolute atomic E-state index is 0.119. The monoisotopic (exact) mass is 346 g/mol. The smallest absolute Gasteiger partial charge is 0.320 e. The molecular formula is C17H26N6O2. The Morgan fingerprint density at radius 1 is 1.32 bits per heavy atom. The summed E-state index contributed by atoms with van der Waals surface area (Å²) in [5.74, 6) is -0.190. The first-order chi connectivity index (χ1) is 12.2. The lowest BCUT2D eigenvalue weighted by atomic mass is 10.0. The van der Waals surface area contributed by atoms with Gasteiger partial charge in [-0.25, -0.2) is 4.79 Å². The molecule has 0 spiro atoms. The van der Waals surface area contributed by atoms with Crippen molar-refractivity contribution < 1.29 is 9.59 Å². The molecule has 0 radical (unpaired) electrons. The topological polar surface area (TPSA) is 93.4 Å². The summed E-state index contributed by atoms with van der Waals surface area (Å²) in [6.07, 6.45) is 5.62. The van der Waals surface area contributed by atoms with Gasteiger partial charge in [-0.3, -0.25) is 9.89 Å². The van der Waals surface area contributed by atoms with Crippen molar-refractivity contribution in [1.82, 2.24) is 30.6 Å². The summed E-state index contributed by atoms with van der Waals surface area (Å²) in [7, 11) is 0. The van der Waals surface area contributed by atoms with Crippen LogP contribution in [0.3, 0.4) is 0 Å². The molecule has 1 aromatic heterocycles. The summed E-state index contributed by atoms with van der Waals surface area (Å²) < 4.78 is 0. The average molecular weight is 346 g/mol. The fourth-order valence-corrected chi connectivity index (χ4v) is 4.12. The van der Waals surface area contributed by atoms with Crippen molar-refractivity contribution in [2.24, 2.45) is 0 Å². The lowest BCUT2D eigenvalue weighted by Gasteiger charge is -2.27. The number of hydrogen-bond acceptors (Lipinski definition) is 4. The van der Waals surface area contributed by atoms with E-state index in [-0.39, 0.29) is 18.0 Å². The summed E-state index contributed by atoms with van der Waals surface area (Å²) in [5, 5.41) is 13.3. The Morgan fingerprint density at radius 2 is 2.24 bits per heavy atom. The first kappa shape index (κ1) is 16.4. The summed E-state index contributed by atoms with van der Waals surface area (Å²) in [6.45, 7) is 3.67. The van der Waals surface area contributed by atoms with Gasteiger partial charge in [-0.05, 0) is 44.7 Å². The van der Waals surface area contributed by atoms with E-state index in [9.17, 15) is 9.59 Å². The van der Waals surface area contributed by atoms with Crippen molar-refractivity contribution in [2.75, 3.05) is 32.7 Å². The number of nitrogens with zero attached hydrogens (tertiary/aromatic N) is 3. The highest BCUT2D eigenvalue weighted by molar-refractivity contribution is 5.92. The van der Waals surface area contributed by atoms with Crippen LogP contribution in [0, 0.1) is 0 Å². The second-order valence-electron chi connectivity index (χ2n) is 7.18. The molecule has 0 bridgehead atoms. The molecule has 8 heteroatoms. The Balaban J connectivity index is 1.26. The molecule has 4 rings (SSSR count). The highest BCUT2D eigenvalue weighted by Crippen LogP contribution is 2.25. The number of rotatable bonds is 5. The van der Waals surface area contributed by atoms with Gasteiger partial charge in [0.05, 0.1) is 11.7 Å². The van der Waals surface area contributed by atoms with Crippen LogP contribution < -0.4 is 10.6 Å². The molecule has 2 atom stereocenters. The van der Waals surface area contributed by atoms with E-state index in [1.54, 1.807) is 0 Å². The van der Waals surface area contributed by atoms with Crippen LogP contribution in [0.2, 0.25) is 0 Å². The van der Waals surface area contributed by atoms with Crippen molar-refractivity contribution in [1.29, 1.82) is 0 Å². The van der Waals surface area contributed by atoms with Gasteiger partial charge in [0, 0.05) is 32.2 Å². The van der Waals surface area contributed by atoms with E-state index in [0.29, 0.717) is 24.8 Å². The molecule has 8 nitrogen and oxygen atoms in total. The number of hydrogen-bond donors (Lipinski definition) is 3. The highest BCUT2D eigenvalue weighted by atomic mass is 16.2. The van der Waals surface area contributed by atoms with Crippen LogP contribution in [0.4, 0.5) is 4.79 Å². The fraction of sp³-hybridized carbons (Fsp3) is 0.706. The molecule has 3 fully saturated rings. The summed E-state index contributed by atoms with van der Waals surface area (Å²) >= 11 is 0. The average Bonchev–Trinajstić information content (AvgIpc) is 3.35. The van der Waals surface area contributed by atoms with Crippen LogP contribution in [-0.4, -0.2) is 70.7 Å². The molecule has 136 valence electrons. The SMILES string of the molecule is O=C(NCCN1CC2CCCCN2C1=O)c1cc(C2CCCN2)[nH]n1. The number of fused-ring (bicyclic) bond motifs is 1. The Morgan fingerprint density at radius 3 is 3.04 bits per heavy atom. The zero-order chi connectivity index (χ0) is 17.2. The van der Waals surface area contributed by atoms with E-state index in [2.05, 4.69) is 20.8 Å². The van der Waals surface area contributed by atoms with E-state index in [0.717, 1.165) is 51.0 Å². The Hall–Kier alpha value is -2.09. The lowest BCUT2D eigenvalue weighted by molar-refractivity contribution is 0.0945. The van der Waals surface area contributed by atoms with Crippen molar-refractivity contribution in [3.63, 3.8) is 0 Å². The van der Waals surface area contributed by atoms with Crippen LogP contribution in [-0.2, 0) is 0 Å². The second kappa shape index (κ2) is 7.03. The number of H-pyrrole nitrogens is 1. The number of carbonyl (C=O) groups is 2. The van der Waals surface area contributed by atoms with E-state index in [1.165, 1.54) is 6.42 Å². The van der Waals surface area contributed by atoms with Gasteiger partial charge in [0.2, 0.25) is 0 Å². The standard InChI is InChI=1S/C17H26N6O2/c24-16(15-10-14(20-21-15)13-5-3-6-18-13)19-7-9-22-11-12-4-1-2-8-23(12)17(22)25/h10,12-13,18H,1-9,11H2,(H,19,24)(H,20,21). The number of aromatic nitrogens is 2. The maximum absolute atomic E-state index is 12.4. The van der Waals surface area contributed by atoms with E-state index < -0.39 is 0 Å². The zero-order valence-electron chi connectivity index (χ0n) is 14.5. The minimum atomic E-state index is -0.190. The largest absolute Gasteiger partial charge is 0.349 e. The Labute approximate surface area is 147 Å². The van der Waals surface area contributed by atoms with Gasteiger partial charge in [-0.15, -0.1) is 0 Å². The predicted molar refractivity (Wildman–Crippen MR) is 92.2 cm³/mol. The van der Waals surface area contributed by atoms with Crippen molar-refractivity contribution in [3.05, 3.63) is 17.5 Å². The van der Waals surface area contributed by atoms with Gasteiger partial charge in [0.15, 0.2) is 0 Å². The summed E-state index contributed by atoms with van der Waals surface area (Å²) in [6, 6.07) is 2.58. The number of nitrogens with one attached hydrogen (secondary N) is 3. The Bertz CT molecular complexity index is 639. The van der Waals surface area contributed by atoms with Gasteiger partial charge in [-0.2, -0.15) is 5.10 Å². The van der Waals surface area contributed by atoms with Crippen molar-refractivity contribution >= 4 is 11.9 Å². The molecule has 2 unspecified atom stereocenters. The number of urea groups is 1. The van der Waals surface area contributed by atoms with Gasteiger partial charge in [0.25, 0.3) is 5.91 Å². The fourth-order valence-electron chi connectivity index (χ4n) is 4.12. The van der Waals surface area contributed by atoms with Gasteiger partial charge >= 0.3 is 6.03 Å². The van der Waals surface area contributed by atoms with E-state index in [1.807, 2.05) is 15.9 Å². The van der Waals surface area contributed by atoms with E-state index >= 15 is 0 Å². The molecule has 3 saturated heterocycles. The van der Waals surface area contributed by atoms with Crippen molar-refractivity contribution in [2.45, 2.75) is 44.2 Å². The van der Waals surface area contributed by atoms with Gasteiger partial charge in [0.1, 0.15) is 5.69 Å². The predicted octanol–water partition coefficient (Wildman–Crippen LogP) is 0.854. The maximum Gasteiger partial charge on any atom is 0.320 e. The van der Waals surface area contributed by atoms with Crippen LogP contribution in [0.1, 0.15) is 54.3 Å². The normalized spacial score (nSPS) is 26.2. The Kier molecular flexibility index (Phi) is 4.61. The third-order valence-electron chi connectivity index (χ3n) is 5.51. The molecule has 25 heavy (non-hydrogen) atoms. The lowest BCUT2D eigenvalue weighted by Crippen LogP contribution is -2.39. The van der Waals surface area contributed by atoms with Crippen LogP contribution >= 0.6 is 0 Å². The number of piperidine rings is 1. The first-order valence-electron chi connectivity index (χ1n) is 9.35. The zero-order valence-corrected chi connectivity index (χ0v) is 14.5. The molecule has 3 aliphatic rings. The van der Waals surface area contributed by atoms with E-state index in [4.69, 9.17) is 0 Å². The third kappa shape index (κ3) is 3.35. The second-order valence-corrected chi connectivity index (χ2v) is 7.18. The summed E-state index contributed by atoms with van der Waals surface area (Å²) in [5.41, 5.74) is 1.38. The third-order valence-corrected chi connectivity index (χ3v) is 5.51. The molecule has 3 N–H and O–H groups in total. The molecule has 3 amide bonds. The number of carbonyl (C=O) groups excluding carboxylic acids is 2. The molecule has 0 aliphatic carbocycles. The molecular weight excluding hydrogens is 320 g/mol. The summed E-state index contributed by atoms with van der Waals surface area (Å²) in [4.78, 5) is 28.4. The maximum atomic E-state index is 12.4. The van der Waals surface area contributed by atoms with Gasteiger partial charge in [-0.1, -0.05) is 0 Å². The molecule has 1 aromatic rings.